The summed E-state index contributed by atoms with van der Waals surface area (Å²) >= 11 is 0. The first-order valence-corrected chi connectivity index (χ1v) is 17.0. The molecular formula is C34H66O4. The van der Waals surface area contributed by atoms with Crippen molar-refractivity contribution < 1.29 is 19.4 Å². The Bertz CT molecular complexity index is 505. The molecule has 0 saturated carbocycles. The van der Waals surface area contributed by atoms with E-state index in [1.165, 1.54) is 109 Å². The van der Waals surface area contributed by atoms with Gasteiger partial charge in [-0.25, -0.2) is 0 Å². The van der Waals surface area contributed by atoms with Crippen LogP contribution in [0.2, 0.25) is 0 Å². The molecule has 0 heterocycles. The van der Waals surface area contributed by atoms with E-state index in [2.05, 4.69) is 13.8 Å². The van der Waals surface area contributed by atoms with Crippen LogP contribution in [-0.4, -0.2) is 23.1 Å². The average Bonchev–Trinajstić information content (AvgIpc) is 2.89. The van der Waals surface area contributed by atoms with Crippen molar-refractivity contribution in [3.8, 4) is 0 Å². The van der Waals surface area contributed by atoms with E-state index in [0.29, 0.717) is 6.42 Å². The third-order valence-corrected chi connectivity index (χ3v) is 7.83. The number of esters is 1. The van der Waals surface area contributed by atoms with Crippen LogP contribution in [-0.2, 0) is 14.3 Å². The first-order chi connectivity index (χ1) is 18.6. The lowest BCUT2D eigenvalue weighted by Gasteiger charge is -2.18. The van der Waals surface area contributed by atoms with Gasteiger partial charge in [0.25, 0.3) is 0 Å². The van der Waals surface area contributed by atoms with E-state index in [1.807, 2.05) is 0 Å². The fourth-order valence-corrected chi connectivity index (χ4v) is 5.30. The van der Waals surface area contributed by atoms with Crippen molar-refractivity contribution >= 4 is 11.9 Å². The van der Waals surface area contributed by atoms with Crippen LogP contribution in [0.4, 0.5) is 0 Å². The summed E-state index contributed by atoms with van der Waals surface area (Å²) < 4.78 is 5.95. The summed E-state index contributed by atoms with van der Waals surface area (Å²) in [7, 11) is 0. The van der Waals surface area contributed by atoms with Crippen molar-refractivity contribution in [2.24, 2.45) is 0 Å². The highest BCUT2D eigenvalue weighted by atomic mass is 16.5. The second kappa shape index (κ2) is 30.5. The molecule has 226 valence electrons. The fourth-order valence-electron chi connectivity index (χ4n) is 5.30. The fraction of sp³-hybridized carbons (Fsp3) is 0.941. The van der Waals surface area contributed by atoms with Gasteiger partial charge in [-0.1, -0.05) is 149 Å². The molecule has 0 aromatic carbocycles. The van der Waals surface area contributed by atoms with Crippen molar-refractivity contribution in [1.82, 2.24) is 0 Å². The molecule has 4 nitrogen and oxygen atoms in total. The third-order valence-electron chi connectivity index (χ3n) is 7.83. The molecule has 1 atom stereocenters. The predicted molar refractivity (Wildman–Crippen MR) is 163 cm³/mol. The predicted octanol–water partition coefficient (Wildman–Crippen LogP) is 11.3. The largest absolute Gasteiger partial charge is 0.481 e. The van der Waals surface area contributed by atoms with Crippen molar-refractivity contribution in [2.45, 2.75) is 206 Å². The molecule has 0 spiro atoms. The second-order valence-corrected chi connectivity index (χ2v) is 11.7. The summed E-state index contributed by atoms with van der Waals surface area (Å²) in [6.45, 7) is 4.53. The number of carbonyl (C=O) groups excluding carboxylic acids is 1. The van der Waals surface area contributed by atoms with Gasteiger partial charge in [0, 0.05) is 12.8 Å². The van der Waals surface area contributed by atoms with Gasteiger partial charge in [0.1, 0.15) is 6.10 Å². The minimum Gasteiger partial charge on any atom is -0.481 e. The first kappa shape index (κ1) is 36.9. The van der Waals surface area contributed by atoms with Gasteiger partial charge in [-0.05, 0) is 38.5 Å². The lowest BCUT2D eigenvalue weighted by atomic mass is 10.0. The van der Waals surface area contributed by atoms with E-state index in [0.717, 1.165) is 64.2 Å². The number of hydrogen-bond acceptors (Lipinski definition) is 3. The molecule has 0 fully saturated rings. The third kappa shape index (κ3) is 29.5. The molecule has 0 aliphatic carbocycles. The maximum Gasteiger partial charge on any atom is 0.306 e. The van der Waals surface area contributed by atoms with Crippen LogP contribution in [0.25, 0.3) is 0 Å². The molecule has 0 aliphatic rings. The Balaban J connectivity index is 3.94. The van der Waals surface area contributed by atoms with Crippen LogP contribution in [0.5, 0.6) is 0 Å². The van der Waals surface area contributed by atoms with Gasteiger partial charge in [-0.15, -0.1) is 0 Å². The van der Waals surface area contributed by atoms with Crippen molar-refractivity contribution in [1.29, 1.82) is 0 Å². The molecular weight excluding hydrogens is 472 g/mol. The van der Waals surface area contributed by atoms with Crippen LogP contribution in [0, 0.1) is 0 Å². The van der Waals surface area contributed by atoms with Crippen LogP contribution in [0.15, 0.2) is 0 Å². The van der Waals surface area contributed by atoms with Crippen molar-refractivity contribution in [2.75, 3.05) is 0 Å². The van der Waals surface area contributed by atoms with Crippen LogP contribution in [0.1, 0.15) is 200 Å². The number of rotatable bonds is 31. The molecule has 0 radical (unpaired) electrons. The molecule has 38 heavy (non-hydrogen) atoms. The summed E-state index contributed by atoms with van der Waals surface area (Å²) in [5.41, 5.74) is 0. The first-order valence-electron chi connectivity index (χ1n) is 17.0. The maximum absolute atomic E-state index is 12.5. The summed E-state index contributed by atoms with van der Waals surface area (Å²) in [5, 5.41) is 8.76. The van der Waals surface area contributed by atoms with Crippen molar-refractivity contribution in [3.05, 3.63) is 0 Å². The van der Waals surface area contributed by atoms with Gasteiger partial charge in [0.2, 0.25) is 0 Å². The Labute approximate surface area is 237 Å². The van der Waals surface area contributed by atoms with E-state index in [4.69, 9.17) is 9.84 Å². The van der Waals surface area contributed by atoms with Gasteiger partial charge in [-0.2, -0.15) is 0 Å². The zero-order valence-corrected chi connectivity index (χ0v) is 25.8. The van der Waals surface area contributed by atoms with Crippen LogP contribution < -0.4 is 0 Å². The zero-order chi connectivity index (χ0) is 27.9. The highest BCUT2D eigenvalue weighted by Gasteiger charge is 2.14. The lowest BCUT2D eigenvalue weighted by Crippen LogP contribution is -2.18. The summed E-state index contributed by atoms with van der Waals surface area (Å²) in [5.74, 6) is -0.697. The van der Waals surface area contributed by atoms with E-state index in [9.17, 15) is 9.59 Å². The Kier molecular flexibility index (Phi) is 29.6. The molecule has 0 amide bonds. The zero-order valence-electron chi connectivity index (χ0n) is 25.8. The molecule has 1 N–H and O–H groups in total. The summed E-state index contributed by atoms with van der Waals surface area (Å²) in [6, 6.07) is 0. The number of carbonyl (C=O) groups is 2. The van der Waals surface area contributed by atoms with Gasteiger partial charge in [0.05, 0.1) is 0 Å². The highest BCUT2D eigenvalue weighted by molar-refractivity contribution is 5.69. The Morgan fingerprint density at radius 3 is 1.16 bits per heavy atom. The van der Waals surface area contributed by atoms with Crippen LogP contribution >= 0.6 is 0 Å². The number of unbranched alkanes of at least 4 members (excludes halogenated alkanes) is 22. The SMILES string of the molecule is CCCCCCCCCCCCCCCC(=O)O[C@H](CCCCCCCCC)CCCCCCCC(=O)O. The van der Waals surface area contributed by atoms with Gasteiger partial charge < -0.3 is 9.84 Å². The Hall–Kier alpha value is -1.06. The molecule has 0 aromatic heterocycles. The monoisotopic (exact) mass is 538 g/mol. The van der Waals surface area contributed by atoms with E-state index < -0.39 is 5.97 Å². The number of carboxylic acids is 1. The second-order valence-electron chi connectivity index (χ2n) is 11.7. The lowest BCUT2D eigenvalue weighted by molar-refractivity contribution is -0.150. The standard InChI is InChI=1S/C34H66O4/c1-3-5-7-9-11-12-13-14-15-16-18-23-27-31-34(37)38-32(28-24-20-17-10-8-6-4-2)29-25-21-19-22-26-30-33(35)36/h32H,3-31H2,1-2H3,(H,35,36)/t32-/m1/s1. The topological polar surface area (TPSA) is 63.6 Å². The van der Waals surface area contributed by atoms with E-state index in [-0.39, 0.29) is 18.5 Å². The highest BCUT2D eigenvalue weighted by Crippen LogP contribution is 2.19. The van der Waals surface area contributed by atoms with E-state index in [1.54, 1.807) is 0 Å². The minimum absolute atomic E-state index is 0.00229. The normalized spacial score (nSPS) is 12.1. The molecule has 0 aliphatic heterocycles. The number of hydrogen-bond donors (Lipinski definition) is 1. The van der Waals surface area contributed by atoms with Gasteiger partial charge in [0.15, 0.2) is 0 Å². The van der Waals surface area contributed by atoms with Gasteiger partial charge in [-0.3, -0.25) is 9.59 Å². The van der Waals surface area contributed by atoms with Gasteiger partial charge >= 0.3 is 11.9 Å². The number of carboxylic acid groups (broad SMARTS) is 1. The van der Waals surface area contributed by atoms with Crippen LogP contribution in [0.3, 0.4) is 0 Å². The molecule has 0 unspecified atom stereocenters. The van der Waals surface area contributed by atoms with E-state index >= 15 is 0 Å². The molecule has 4 heteroatoms. The summed E-state index contributed by atoms with van der Waals surface area (Å²) in [4.78, 5) is 23.2. The number of ether oxygens (including phenoxy) is 1. The maximum atomic E-state index is 12.5. The Morgan fingerprint density at radius 2 is 0.789 bits per heavy atom. The summed E-state index contributed by atoms with van der Waals surface area (Å²) in [6.07, 6.45) is 34.0. The number of aliphatic carboxylic acids is 1. The smallest absolute Gasteiger partial charge is 0.306 e. The molecule has 0 rings (SSSR count). The molecule has 0 saturated heterocycles. The van der Waals surface area contributed by atoms with Crippen molar-refractivity contribution in [3.63, 3.8) is 0 Å². The Morgan fingerprint density at radius 1 is 0.474 bits per heavy atom. The minimum atomic E-state index is -0.699. The molecule has 0 aromatic rings. The quantitative estimate of drug-likeness (QED) is 0.0704. The average molecular weight is 539 g/mol. The molecule has 0 bridgehead atoms.